The minimum atomic E-state index is -0.231. The van der Waals surface area contributed by atoms with E-state index in [1.54, 1.807) is 0 Å². The number of allylic oxidation sites excluding steroid dienone is 6. The molecule has 0 aromatic carbocycles. The van der Waals surface area contributed by atoms with E-state index in [2.05, 4.69) is 12.2 Å². The summed E-state index contributed by atoms with van der Waals surface area (Å²) in [7, 11) is 0. The van der Waals surface area contributed by atoms with E-state index in [1.807, 2.05) is 30.4 Å². The molecule has 0 fully saturated rings. The van der Waals surface area contributed by atoms with Crippen LogP contribution in [0.1, 0.15) is 0 Å². The van der Waals surface area contributed by atoms with Gasteiger partial charge in [-0.15, -0.1) is 0 Å². The molecule has 0 aromatic heterocycles. The molecule has 1 aliphatic heterocycles. The molecule has 2 nitrogen and oxygen atoms in total. The first-order valence-electron chi connectivity index (χ1n) is 4.95. The Morgan fingerprint density at radius 2 is 2.27 bits per heavy atom. The van der Waals surface area contributed by atoms with Crippen molar-refractivity contribution in [1.29, 1.82) is 0 Å². The number of hydrogen-bond acceptors (Lipinski definition) is 2. The summed E-state index contributed by atoms with van der Waals surface area (Å²) in [6, 6.07) is 0. The second-order valence-electron chi connectivity index (χ2n) is 3.83. The number of ether oxygens (including phenoxy) is 1. The molecule has 1 heterocycles. The van der Waals surface area contributed by atoms with Crippen molar-refractivity contribution in [3.8, 4) is 0 Å². The van der Waals surface area contributed by atoms with E-state index in [0.29, 0.717) is 12.2 Å². The van der Waals surface area contributed by atoms with Crippen molar-refractivity contribution < 1.29 is 9.53 Å². The number of carbonyl (C=O) groups is 1. The van der Waals surface area contributed by atoms with Crippen LogP contribution in [0, 0.1) is 5.41 Å². The zero-order valence-corrected chi connectivity index (χ0v) is 8.14. The van der Waals surface area contributed by atoms with Crippen LogP contribution in [0.4, 0.5) is 0 Å². The predicted molar refractivity (Wildman–Crippen MR) is 57.0 cm³/mol. The topological polar surface area (TPSA) is 26.3 Å². The summed E-state index contributed by atoms with van der Waals surface area (Å²) in [5, 5.41) is 0. The third-order valence-corrected chi connectivity index (χ3v) is 2.99. The summed E-state index contributed by atoms with van der Waals surface area (Å²) in [5.41, 5.74) is 1.55. The van der Waals surface area contributed by atoms with Gasteiger partial charge in [0.15, 0.2) is 0 Å². The molecule has 1 spiro atoms. The van der Waals surface area contributed by atoms with Gasteiger partial charge in [0.05, 0.1) is 5.41 Å². The highest BCUT2D eigenvalue weighted by Crippen LogP contribution is 2.48. The Bertz CT molecular complexity index is 475. The van der Waals surface area contributed by atoms with E-state index in [9.17, 15) is 4.79 Å². The van der Waals surface area contributed by atoms with Gasteiger partial charge in [0.25, 0.3) is 0 Å². The maximum Gasteiger partial charge on any atom is 0.150 e. The summed E-state index contributed by atoms with van der Waals surface area (Å²) >= 11 is 0. The highest BCUT2D eigenvalue weighted by molar-refractivity contribution is 5.81. The van der Waals surface area contributed by atoms with Gasteiger partial charge in [-0.3, -0.25) is 4.79 Å². The zero-order valence-electron chi connectivity index (χ0n) is 8.14. The van der Waals surface area contributed by atoms with Gasteiger partial charge in [-0.05, 0) is 23.8 Å². The highest BCUT2D eigenvalue weighted by Gasteiger charge is 2.39. The van der Waals surface area contributed by atoms with E-state index in [4.69, 9.17) is 4.74 Å². The van der Waals surface area contributed by atoms with E-state index in [0.717, 1.165) is 17.6 Å². The molecule has 0 saturated carbocycles. The average Bonchev–Trinajstić information content (AvgIpc) is 2.68. The Morgan fingerprint density at radius 1 is 1.33 bits per heavy atom. The van der Waals surface area contributed by atoms with Crippen LogP contribution in [0.3, 0.4) is 0 Å². The Balaban J connectivity index is 2.21. The lowest BCUT2D eigenvalue weighted by Gasteiger charge is -2.34. The maximum atomic E-state index is 10.8. The SMILES string of the molecule is O=CC1=CC2=CC=CC23C=CCOC3=C1. The van der Waals surface area contributed by atoms with Gasteiger partial charge in [-0.25, -0.2) is 0 Å². The summed E-state index contributed by atoms with van der Waals surface area (Å²) in [6.07, 6.45) is 14.9. The molecular formula is C13H10O2. The van der Waals surface area contributed by atoms with E-state index < -0.39 is 0 Å². The number of aldehydes is 1. The second kappa shape index (κ2) is 2.83. The van der Waals surface area contributed by atoms with Crippen LogP contribution in [0.5, 0.6) is 0 Å². The van der Waals surface area contributed by atoms with Crippen molar-refractivity contribution in [2.45, 2.75) is 0 Å². The minimum Gasteiger partial charge on any atom is -0.492 e. The van der Waals surface area contributed by atoms with Crippen molar-refractivity contribution in [3.05, 3.63) is 59.4 Å². The summed E-state index contributed by atoms with van der Waals surface area (Å²) in [6.45, 7) is 0.584. The lowest BCUT2D eigenvalue weighted by Crippen LogP contribution is -2.26. The monoisotopic (exact) mass is 198 g/mol. The fourth-order valence-electron chi connectivity index (χ4n) is 2.26. The molecule has 0 aromatic rings. The Labute approximate surface area is 87.9 Å². The molecule has 1 unspecified atom stereocenters. The van der Waals surface area contributed by atoms with Gasteiger partial charge in [-0.2, -0.15) is 0 Å². The third-order valence-electron chi connectivity index (χ3n) is 2.99. The predicted octanol–water partition coefficient (Wildman–Crippen LogP) is 2.08. The first-order chi connectivity index (χ1) is 7.35. The molecule has 0 radical (unpaired) electrons. The van der Waals surface area contributed by atoms with Crippen LogP contribution in [0.2, 0.25) is 0 Å². The van der Waals surface area contributed by atoms with Crippen LogP contribution >= 0.6 is 0 Å². The van der Waals surface area contributed by atoms with Crippen molar-refractivity contribution >= 4 is 6.29 Å². The first-order valence-corrected chi connectivity index (χ1v) is 4.95. The third kappa shape index (κ3) is 1.02. The van der Waals surface area contributed by atoms with Crippen molar-refractivity contribution in [2.75, 3.05) is 6.61 Å². The molecular weight excluding hydrogens is 188 g/mol. The molecule has 3 aliphatic rings. The Morgan fingerprint density at radius 3 is 3.13 bits per heavy atom. The molecule has 74 valence electrons. The van der Waals surface area contributed by atoms with Crippen molar-refractivity contribution in [3.63, 3.8) is 0 Å². The van der Waals surface area contributed by atoms with Gasteiger partial charge in [-0.1, -0.05) is 24.3 Å². The van der Waals surface area contributed by atoms with Gasteiger partial charge >= 0.3 is 0 Å². The number of rotatable bonds is 1. The van der Waals surface area contributed by atoms with Gasteiger partial charge < -0.3 is 4.74 Å². The van der Waals surface area contributed by atoms with E-state index in [-0.39, 0.29) is 5.41 Å². The van der Waals surface area contributed by atoms with Crippen molar-refractivity contribution in [1.82, 2.24) is 0 Å². The highest BCUT2D eigenvalue weighted by atomic mass is 16.5. The molecule has 3 rings (SSSR count). The smallest absolute Gasteiger partial charge is 0.150 e. The van der Waals surface area contributed by atoms with Crippen LogP contribution in [-0.4, -0.2) is 12.9 Å². The largest absolute Gasteiger partial charge is 0.492 e. The standard InChI is InChI=1S/C13H10O2/c14-9-10-7-11-3-1-4-13(11)5-2-6-15-12(13)8-10/h1-5,7-9H,6H2. The first kappa shape index (κ1) is 8.48. The number of hydrogen-bond donors (Lipinski definition) is 0. The molecule has 0 bridgehead atoms. The second-order valence-corrected chi connectivity index (χ2v) is 3.83. The molecule has 2 aliphatic carbocycles. The number of carbonyl (C=O) groups excluding carboxylic acids is 1. The quantitative estimate of drug-likeness (QED) is 0.476. The Kier molecular flexibility index (Phi) is 1.60. The van der Waals surface area contributed by atoms with Crippen LogP contribution in [0.25, 0.3) is 0 Å². The Hall–Kier alpha value is -1.83. The summed E-state index contributed by atoms with van der Waals surface area (Å²) < 4.78 is 5.60. The normalized spacial score (nSPS) is 30.8. The van der Waals surface area contributed by atoms with Crippen LogP contribution in [-0.2, 0) is 9.53 Å². The molecule has 0 amide bonds. The van der Waals surface area contributed by atoms with Gasteiger partial charge in [0.1, 0.15) is 18.7 Å². The van der Waals surface area contributed by atoms with Gasteiger partial charge in [0, 0.05) is 5.57 Å². The zero-order chi connectivity index (χ0) is 10.3. The van der Waals surface area contributed by atoms with Crippen LogP contribution in [0.15, 0.2) is 59.4 Å². The fourth-order valence-corrected chi connectivity index (χ4v) is 2.26. The average molecular weight is 198 g/mol. The molecule has 0 saturated heterocycles. The van der Waals surface area contributed by atoms with Crippen LogP contribution < -0.4 is 0 Å². The van der Waals surface area contributed by atoms with E-state index >= 15 is 0 Å². The fraction of sp³-hybridized carbons (Fsp3) is 0.154. The lowest BCUT2D eigenvalue weighted by molar-refractivity contribution is -0.104. The molecule has 0 N–H and O–H groups in total. The molecule has 2 heteroatoms. The van der Waals surface area contributed by atoms with E-state index in [1.165, 1.54) is 0 Å². The summed E-state index contributed by atoms with van der Waals surface area (Å²) in [4.78, 5) is 10.8. The minimum absolute atomic E-state index is 0.231. The van der Waals surface area contributed by atoms with Crippen molar-refractivity contribution in [2.24, 2.45) is 5.41 Å². The lowest BCUT2D eigenvalue weighted by atomic mass is 9.75. The maximum absolute atomic E-state index is 10.8. The molecule has 1 atom stereocenters. The van der Waals surface area contributed by atoms with Gasteiger partial charge in [0.2, 0.25) is 0 Å². The molecule has 15 heavy (non-hydrogen) atoms. The summed E-state index contributed by atoms with van der Waals surface area (Å²) in [5.74, 6) is 0.856.